The largest absolute Gasteiger partial charge is 0.480 e. The van der Waals surface area contributed by atoms with Gasteiger partial charge in [-0.25, -0.2) is 4.79 Å². The van der Waals surface area contributed by atoms with Crippen LogP contribution in [-0.4, -0.2) is 70.9 Å². The van der Waals surface area contributed by atoms with Crippen LogP contribution in [0.25, 0.3) is 0 Å². The van der Waals surface area contributed by atoms with Crippen LogP contribution in [0.4, 0.5) is 0 Å². The highest BCUT2D eigenvalue weighted by molar-refractivity contribution is 7.98. The molecule has 0 heterocycles. The molecule has 0 spiro atoms. The molecule has 0 saturated carbocycles. The molecule has 4 atom stereocenters. The molecule has 190 valence electrons. The number of carbonyl (C=O) groups is 5. The highest BCUT2D eigenvalue weighted by Gasteiger charge is 2.31. The summed E-state index contributed by atoms with van der Waals surface area (Å²) in [5, 5.41) is 17.0. The molecular formula is C21H39N5O6S. The Morgan fingerprint density at radius 2 is 1.45 bits per heavy atom. The number of carboxylic acid groups (broad SMARTS) is 1. The SMILES string of the molecule is CSCCC(NC(=O)C(NC(=O)C(N)CC(C)C)C(C)C)C(=O)NC(CCC(N)=O)C(=O)O. The smallest absolute Gasteiger partial charge is 0.326 e. The van der Waals surface area contributed by atoms with Gasteiger partial charge in [-0.2, -0.15) is 11.8 Å². The van der Waals surface area contributed by atoms with Crippen molar-refractivity contribution < 1.29 is 29.1 Å². The molecular weight excluding hydrogens is 450 g/mol. The number of thioether (sulfide) groups is 1. The molecule has 12 heteroatoms. The third-order valence-corrected chi connectivity index (χ3v) is 5.49. The van der Waals surface area contributed by atoms with Gasteiger partial charge < -0.3 is 32.5 Å². The minimum absolute atomic E-state index is 0.169. The monoisotopic (exact) mass is 489 g/mol. The molecule has 0 aromatic heterocycles. The first kappa shape index (κ1) is 30.7. The minimum Gasteiger partial charge on any atom is -0.480 e. The molecule has 0 aromatic carbocycles. The molecule has 4 unspecified atom stereocenters. The van der Waals surface area contributed by atoms with Crippen LogP contribution in [0.15, 0.2) is 0 Å². The van der Waals surface area contributed by atoms with Crippen molar-refractivity contribution in [2.75, 3.05) is 12.0 Å². The maximum atomic E-state index is 12.9. The molecule has 0 aliphatic rings. The van der Waals surface area contributed by atoms with Crippen molar-refractivity contribution in [1.29, 1.82) is 0 Å². The van der Waals surface area contributed by atoms with E-state index in [0.717, 1.165) is 0 Å². The number of aliphatic carboxylic acids is 1. The predicted octanol–water partition coefficient (Wildman–Crippen LogP) is -0.427. The summed E-state index contributed by atoms with van der Waals surface area (Å²) in [4.78, 5) is 60.6. The van der Waals surface area contributed by atoms with Gasteiger partial charge in [-0.05, 0) is 43.1 Å². The van der Waals surface area contributed by atoms with Crippen LogP contribution < -0.4 is 27.4 Å². The molecule has 0 fully saturated rings. The highest BCUT2D eigenvalue weighted by Crippen LogP contribution is 2.09. The number of carbonyl (C=O) groups excluding carboxylic acids is 4. The maximum Gasteiger partial charge on any atom is 0.326 e. The fourth-order valence-corrected chi connectivity index (χ4v) is 3.46. The van der Waals surface area contributed by atoms with E-state index < -0.39 is 53.8 Å². The average molecular weight is 490 g/mol. The summed E-state index contributed by atoms with van der Waals surface area (Å²) in [5.74, 6) is -3.28. The molecule has 0 aromatic rings. The zero-order valence-corrected chi connectivity index (χ0v) is 20.9. The number of rotatable bonds is 16. The van der Waals surface area contributed by atoms with E-state index in [4.69, 9.17) is 11.5 Å². The Hall–Kier alpha value is -2.34. The van der Waals surface area contributed by atoms with Crippen LogP contribution in [0, 0.1) is 11.8 Å². The summed E-state index contributed by atoms with van der Waals surface area (Å²) in [5.41, 5.74) is 11.0. The Morgan fingerprint density at radius 3 is 1.91 bits per heavy atom. The molecule has 0 aliphatic carbocycles. The van der Waals surface area contributed by atoms with Gasteiger partial charge in [-0.1, -0.05) is 27.7 Å². The second kappa shape index (κ2) is 15.5. The predicted molar refractivity (Wildman–Crippen MR) is 127 cm³/mol. The topological polar surface area (TPSA) is 194 Å². The van der Waals surface area contributed by atoms with Crippen molar-refractivity contribution >= 4 is 41.4 Å². The van der Waals surface area contributed by atoms with Gasteiger partial charge in [-0.15, -0.1) is 0 Å². The highest BCUT2D eigenvalue weighted by atomic mass is 32.2. The zero-order chi connectivity index (χ0) is 25.7. The van der Waals surface area contributed by atoms with Crippen molar-refractivity contribution in [1.82, 2.24) is 16.0 Å². The van der Waals surface area contributed by atoms with E-state index in [9.17, 15) is 29.1 Å². The van der Waals surface area contributed by atoms with Gasteiger partial charge in [0.15, 0.2) is 0 Å². The molecule has 0 saturated heterocycles. The molecule has 0 bridgehead atoms. The first-order chi connectivity index (χ1) is 15.3. The number of hydrogen-bond acceptors (Lipinski definition) is 7. The van der Waals surface area contributed by atoms with E-state index in [1.807, 2.05) is 20.1 Å². The normalized spacial score (nSPS) is 14.8. The minimum atomic E-state index is -1.33. The lowest BCUT2D eigenvalue weighted by Crippen LogP contribution is -2.58. The molecule has 0 aliphatic heterocycles. The van der Waals surface area contributed by atoms with Crippen molar-refractivity contribution in [2.45, 2.75) is 77.5 Å². The van der Waals surface area contributed by atoms with E-state index in [-0.39, 0.29) is 31.1 Å². The molecule has 8 N–H and O–H groups in total. The first-order valence-electron chi connectivity index (χ1n) is 11.0. The zero-order valence-electron chi connectivity index (χ0n) is 20.1. The van der Waals surface area contributed by atoms with Gasteiger partial charge >= 0.3 is 5.97 Å². The Morgan fingerprint density at radius 1 is 0.879 bits per heavy atom. The van der Waals surface area contributed by atoms with E-state index in [1.54, 1.807) is 13.8 Å². The van der Waals surface area contributed by atoms with Gasteiger partial charge in [0.25, 0.3) is 0 Å². The summed E-state index contributed by atoms with van der Waals surface area (Å²) in [6.07, 6.45) is 2.15. The van der Waals surface area contributed by atoms with Crippen molar-refractivity contribution in [3.63, 3.8) is 0 Å². The van der Waals surface area contributed by atoms with E-state index >= 15 is 0 Å². The fourth-order valence-electron chi connectivity index (χ4n) is 2.99. The third-order valence-electron chi connectivity index (χ3n) is 4.85. The van der Waals surface area contributed by atoms with E-state index in [2.05, 4.69) is 16.0 Å². The van der Waals surface area contributed by atoms with Gasteiger partial charge in [-0.3, -0.25) is 19.2 Å². The van der Waals surface area contributed by atoms with E-state index in [1.165, 1.54) is 11.8 Å². The first-order valence-corrected chi connectivity index (χ1v) is 12.4. The number of primary amides is 1. The van der Waals surface area contributed by atoms with Crippen LogP contribution in [0.1, 0.15) is 53.4 Å². The van der Waals surface area contributed by atoms with Crippen LogP contribution in [0.5, 0.6) is 0 Å². The summed E-state index contributed by atoms with van der Waals surface area (Å²) in [6.45, 7) is 7.37. The van der Waals surface area contributed by atoms with Gasteiger partial charge in [0.05, 0.1) is 6.04 Å². The number of nitrogens with one attached hydrogen (secondary N) is 3. The Balaban J connectivity index is 5.38. The summed E-state index contributed by atoms with van der Waals surface area (Å²) < 4.78 is 0. The lowest BCUT2D eigenvalue weighted by Gasteiger charge is -2.27. The van der Waals surface area contributed by atoms with Gasteiger partial charge in [0.1, 0.15) is 18.1 Å². The molecule has 11 nitrogen and oxygen atoms in total. The molecule has 4 amide bonds. The van der Waals surface area contributed by atoms with Crippen LogP contribution in [-0.2, 0) is 24.0 Å². The quantitative estimate of drug-likeness (QED) is 0.168. The standard InChI is InChI=1S/C21H39N5O6S/c1-11(2)10-13(22)18(28)26-17(12(3)4)20(30)24-14(8-9-33-5)19(29)25-15(21(31)32)6-7-16(23)27/h11-15,17H,6-10,22H2,1-5H3,(H2,23,27)(H,24,30)(H,25,29)(H,26,28)(H,31,32). The fraction of sp³-hybridized carbons (Fsp3) is 0.762. The number of nitrogens with two attached hydrogens (primary N) is 2. The lowest BCUT2D eigenvalue weighted by atomic mass is 10.00. The Bertz CT molecular complexity index is 688. The lowest BCUT2D eigenvalue weighted by molar-refractivity contribution is -0.142. The molecule has 0 radical (unpaired) electrons. The second-order valence-corrected chi connectivity index (χ2v) is 9.70. The number of carboxylic acids is 1. The van der Waals surface area contributed by atoms with Crippen LogP contribution in [0.3, 0.4) is 0 Å². The maximum absolute atomic E-state index is 12.9. The summed E-state index contributed by atoms with van der Waals surface area (Å²) in [7, 11) is 0. The molecule has 33 heavy (non-hydrogen) atoms. The van der Waals surface area contributed by atoms with Crippen LogP contribution >= 0.6 is 11.8 Å². The number of hydrogen-bond donors (Lipinski definition) is 6. The average Bonchev–Trinajstić information content (AvgIpc) is 2.70. The Labute approximate surface area is 199 Å². The second-order valence-electron chi connectivity index (χ2n) is 8.71. The summed E-state index contributed by atoms with van der Waals surface area (Å²) in [6, 6.07) is -4.04. The van der Waals surface area contributed by atoms with Crippen molar-refractivity contribution in [3.05, 3.63) is 0 Å². The summed E-state index contributed by atoms with van der Waals surface area (Å²) >= 11 is 1.45. The van der Waals surface area contributed by atoms with Crippen LogP contribution in [0.2, 0.25) is 0 Å². The van der Waals surface area contributed by atoms with Gasteiger partial charge in [0.2, 0.25) is 23.6 Å². The number of amides is 4. The molecule has 0 rings (SSSR count). The Kier molecular flexibility index (Phi) is 14.4. The third kappa shape index (κ3) is 12.5. The van der Waals surface area contributed by atoms with E-state index in [0.29, 0.717) is 12.2 Å². The van der Waals surface area contributed by atoms with Crippen molar-refractivity contribution in [2.24, 2.45) is 23.3 Å². The van der Waals surface area contributed by atoms with Crippen molar-refractivity contribution in [3.8, 4) is 0 Å². The van der Waals surface area contributed by atoms with Gasteiger partial charge in [0, 0.05) is 6.42 Å².